The van der Waals surface area contributed by atoms with Crippen molar-refractivity contribution in [2.45, 2.75) is 74.7 Å². The van der Waals surface area contributed by atoms with Crippen LogP contribution in [-0.4, -0.2) is 302 Å². The molecule has 4 unspecified atom stereocenters. The van der Waals surface area contributed by atoms with E-state index in [1.54, 1.807) is 0 Å². The molecule has 0 amide bonds. The molecule has 0 aromatic carbocycles. The second-order valence-corrected chi connectivity index (χ2v) is 34.7. The van der Waals surface area contributed by atoms with Crippen molar-refractivity contribution in [3.8, 4) is 0 Å². The first-order valence-electron chi connectivity index (χ1n) is 23.5. The summed E-state index contributed by atoms with van der Waals surface area (Å²) in [7, 11) is 44.2. The molecule has 4 rings (SSSR count). The Morgan fingerprint density at radius 1 is 0.348 bits per heavy atom. The standard InChI is InChI=1S/C44H97N16OP5/c1-40(2,3)61-66(45-36-41(49(4)5,50(6)7)28-32-62(36)57(20)21,46-37-42(51(8)9,52(10)11)29-33-63(37)58(22)23,47-38-43(53(12)13,54(14)15)30-34-64(38)59(24)25)48-39-44(55(16)17,56(18)19)31-35-65(39)60(26)27/h28-35H2,1-27H3. The number of rotatable bonds is 17. The van der Waals surface area contributed by atoms with E-state index < -0.39 is 68.0 Å². The van der Waals surface area contributed by atoms with Crippen LogP contribution in [0.4, 0.5) is 0 Å². The summed E-state index contributed by atoms with van der Waals surface area (Å²) in [5.41, 5.74) is 1.25. The molecule has 0 saturated carbocycles. The van der Waals surface area contributed by atoms with E-state index >= 15 is 0 Å². The first-order chi connectivity index (χ1) is 30.1. The van der Waals surface area contributed by atoms with Crippen LogP contribution >= 0.6 is 39.7 Å². The van der Waals surface area contributed by atoms with Gasteiger partial charge < -0.3 is 0 Å². The summed E-state index contributed by atoms with van der Waals surface area (Å²) in [5.74, 6) is 0. The Kier molecular flexibility index (Phi) is 18.8. The van der Waals surface area contributed by atoms with Crippen LogP contribution in [0.15, 0.2) is 19.1 Å². The first-order valence-corrected chi connectivity index (χ1v) is 31.4. The maximum atomic E-state index is 8.38. The van der Waals surface area contributed by atoms with Crippen molar-refractivity contribution in [1.82, 2.24) is 57.9 Å². The van der Waals surface area contributed by atoms with Crippen molar-refractivity contribution >= 4 is 61.5 Å². The SMILES string of the molecule is CN(C)P1CCC(N(C)C)(N(C)C)C1=NP(N=C1P(N(C)C)CCC1(N(C)C)N(C)C)(N=C1P(N(C)C)CCC1(N(C)C)N(C)C)(N=C1P(N(C)C)CCC1(N(C)C)N(C)C)OC(C)(C)C. The van der Waals surface area contributed by atoms with Gasteiger partial charge in [-0.2, -0.15) is 0 Å². The molecule has 17 nitrogen and oxygen atoms in total. The van der Waals surface area contributed by atoms with E-state index in [9.17, 15) is 0 Å². The fourth-order valence-electron chi connectivity index (χ4n) is 11.2. The van der Waals surface area contributed by atoms with Crippen LogP contribution in [0.2, 0.25) is 0 Å². The van der Waals surface area contributed by atoms with Gasteiger partial charge in [0.05, 0.1) is 0 Å². The molecule has 0 aliphatic carbocycles. The van der Waals surface area contributed by atoms with E-state index in [-0.39, 0.29) is 0 Å². The molecular weight excluding hydrogens is 923 g/mol. The van der Waals surface area contributed by atoms with Gasteiger partial charge in [0, 0.05) is 0 Å². The second kappa shape index (κ2) is 21.0. The summed E-state index contributed by atoms with van der Waals surface area (Å²) < 4.78 is 44.8. The van der Waals surface area contributed by atoms with Gasteiger partial charge in [-0.25, -0.2) is 0 Å². The average molecular weight is 1020 g/mol. The quantitative estimate of drug-likeness (QED) is 0.122. The van der Waals surface area contributed by atoms with Gasteiger partial charge in [-0.1, -0.05) is 0 Å². The van der Waals surface area contributed by atoms with Crippen molar-refractivity contribution in [2.75, 3.05) is 194 Å². The summed E-state index contributed by atoms with van der Waals surface area (Å²) in [5, 5.41) is 0. The van der Waals surface area contributed by atoms with Crippen molar-refractivity contribution in [2.24, 2.45) is 19.1 Å². The third-order valence-corrected chi connectivity index (χ3v) is 28.4. The topological polar surface area (TPSA) is 97.5 Å². The van der Waals surface area contributed by atoms with Crippen LogP contribution in [0.25, 0.3) is 0 Å². The van der Waals surface area contributed by atoms with Gasteiger partial charge in [-0.05, 0) is 0 Å². The van der Waals surface area contributed by atoms with Crippen LogP contribution < -0.4 is 0 Å². The van der Waals surface area contributed by atoms with E-state index in [2.05, 4.69) is 248 Å². The summed E-state index contributed by atoms with van der Waals surface area (Å²) in [6.07, 6.45) is 7.50. The molecule has 4 heterocycles. The molecule has 4 atom stereocenters. The Morgan fingerprint density at radius 3 is 0.636 bits per heavy atom. The van der Waals surface area contributed by atoms with Gasteiger partial charge in [0.2, 0.25) is 0 Å². The third-order valence-electron chi connectivity index (χ3n) is 14.5. The van der Waals surface area contributed by atoms with E-state index in [0.29, 0.717) is 0 Å². The van der Waals surface area contributed by atoms with Crippen molar-refractivity contribution in [1.29, 1.82) is 0 Å². The molecule has 4 aliphatic rings. The first kappa shape index (κ1) is 58.9. The fourth-order valence-corrected chi connectivity index (χ4v) is 27.9. The molecule has 22 heteroatoms. The fraction of sp³-hybridized carbons (Fsp3) is 0.909. The molecule has 0 aromatic rings. The predicted molar refractivity (Wildman–Crippen MR) is 298 cm³/mol. The minimum atomic E-state index is -5.29. The number of hydrogen-bond acceptors (Lipinski definition) is 17. The van der Waals surface area contributed by atoms with Gasteiger partial charge in [0.1, 0.15) is 0 Å². The Hall–Kier alpha value is 0.310. The molecule has 4 aliphatic heterocycles. The molecule has 0 radical (unpaired) electrons. The minimum absolute atomic E-state index is 0.562. The molecule has 66 heavy (non-hydrogen) atoms. The van der Waals surface area contributed by atoms with E-state index in [4.69, 9.17) is 23.6 Å². The molecule has 0 N–H and O–H groups in total. The van der Waals surface area contributed by atoms with Crippen molar-refractivity contribution in [3.05, 3.63) is 0 Å². The number of hydrogen-bond donors (Lipinski definition) is 0. The molecule has 4 saturated heterocycles. The van der Waals surface area contributed by atoms with Crippen LogP contribution in [-0.2, 0) is 4.52 Å². The molecular formula is C44H97N16OP5. The molecule has 0 aromatic heterocycles. The van der Waals surface area contributed by atoms with Crippen LogP contribution in [0.3, 0.4) is 0 Å². The number of nitrogens with zero attached hydrogens (tertiary/aromatic N) is 16. The van der Waals surface area contributed by atoms with Gasteiger partial charge in [-0.15, -0.1) is 0 Å². The van der Waals surface area contributed by atoms with Crippen molar-refractivity contribution < 1.29 is 4.52 Å². The van der Waals surface area contributed by atoms with Gasteiger partial charge in [0.25, 0.3) is 0 Å². The summed E-state index contributed by atoms with van der Waals surface area (Å²) >= 11 is 0. The summed E-state index contributed by atoms with van der Waals surface area (Å²) in [6, 6.07) is 0. The zero-order valence-corrected chi connectivity index (χ0v) is 51.4. The second-order valence-electron chi connectivity index (χ2n) is 22.1. The zero-order chi connectivity index (χ0) is 50.7. The van der Waals surface area contributed by atoms with Gasteiger partial charge in [-0.3, -0.25) is 0 Å². The van der Waals surface area contributed by atoms with Crippen LogP contribution in [0.5, 0.6) is 0 Å². The Bertz CT molecular complexity index is 1550. The molecule has 0 bridgehead atoms. The molecule has 384 valence electrons. The van der Waals surface area contributed by atoms with Crippen LogP contribution in [0.1, 0.15) is 46.5 Å². The average Bonchev–Trinajstić information content (AvgIpc) is 3.92. The zero-order valence-electron chi connectivity index (χ0n) is 47.0. The summed E-state index contributed by atoms with van der Waals surface area (Å²) in [4.78, 5) is 19.1. The Balaban J connectivity index is 2.74. The van der Waals surface area contributed by atoms with Gasteiger partial charge in [0.15, 0.2) is 0 Å². The maximum absolute atomic E-state index is 8.38. The molecule has 4 fully saturated rings. The molecule has 0 spiro atoms. The Morgan fingerprint density at radius 2 is 0.515 bits per heavy atom. The van der Waals surface area contributed by atoms with E-state index in [0.717, 1.165) is 72.1 Å². The van der Waals surface area contributed by atoms with Crippen LogP contribution in [0, 0.1) is 0 Å². The van der Waals surface area contributed by atoms with E-state index in [1.807, 2.05) is 0 Å². The predicted octanol–water partition coefficient (Wildman–Crippen LogP) is 6.25. The summed E-state index contributed by atoms with van der Waals surface area (Å²) in [6.45, 7) is 6.55. The third kappa shape index (κ3) is 10.2. The van der Waals surface area contributed by atoms with Crippen molar-refractivity contribution in [3.63, 3.8) is 0 Å². The van der Waals surface area contributed by atoms with E-state index in [1.165, 1.54) is 0 Å². The van der Waals surface area contributed by atoms with Gasteiger partial charge >= 0.3 is 411 Å². The normalized spacial score (nSPS) is 29.2. The Labute approximate surface area is 409 Å². The monoisotopic (exact) mass is 1020 g/mol.